The summed E-state index contributed by atoms with van der Waals surface area (Å²) in [5, 5.41) is 0. The van der Waals surface area contributed by atoms with Gasteiger partial charge in [0.1, 0.15) is 5.75 Å². The summed E-state index contributed by atoms with van der Waals surface area (Å²) in [4.78, 5) is 19.4. The third-order valence-corrected chi connectivity index (χ3v) is 5.32. The van der Waals surface area contributed by atoms with E-state index < -0.39 is 0 Å². The van der Waals surface area contributed by atoms with Crippen molar-refractivity contribution < 1.29 is 9.53 Å². The first kappa shape index (κ1) is 19.2. The summed E-state index contributed by atoms with van der Waals surface area (Å²) in [7, 11) is 0. The summed E-state index contributed by atoms with van der Waals surface area (Å²) in [6.45, 7) is 2.08. The number of aromatic nitrogens is 1. The van der Waals surface area contributed by atoms with E-state index in [1.54, 1.807) is 6.20 Å². The molecule has 29 heavy (non-hydrogen) atoms. The van der Waals surface area contributed by atoms with E-state index in [9.17, 15) is 4.79 Å². The van der Waals surface area contributed by atoms with Gasteiger partial charge in [-0.25, -0.2) is 0 Å². The Hall–Kier alpha value is -3.14. The van der Waals surface area contributed by atoms with Crippen molar-refractivity contribution in [1.29, 1.82) is 0 Å². The molecule has 1 heterocycles. The lowest BCUT2D eigenvalue weighted by molar-refractivity contribution is -0.136. The molecule has 0 spiro atoms. The molecule has 148 valence electrons. The quantitative estimate of drug-likeness (QED) is 0.558. The van der Waals surface area contributed by atoms with Crippen LogP contribution in [0.25, 0.3) is 0 Å². The third-order valence-electron chi connectivity index (χ3n) is 5.32. The zero-order valence-electron chi connectivity index (χ0n) is 16.7. The van der Waals surface area contributed by atoms with Crippen molar-refractivity contribution in [1.82, 2.24) is 9.88 Å². The molecule has 1 atom stereocenters. The highest BCUT2D eigenvalue weighted by molar-refractivity contribution is 5.79. The lowest BCUT2D eigenvalue weighted by Gasteiger charge is -2.29. The van der Waals surface area contributed by atoms with E-state index in [-0.39, 0.29) is 18.6 Å². The van der Waals surface area contributed by atoms with Gasteiger partial charge in [-0.1, -0.05) is 54.6 Å². The molecule has 1 unspecified atom stereocenters. The fourth-order valence-electron chi connectivity index (χ4n) is 3.67. The first-order chi connectivity index (χ1) is 14.2. The van der Waals surface area contributed by atoms with Crippen LogP contribution in [0.1, 0.15) is 42.6 Å². The minimum Gasteiger partial charge on any atom is -0.483 e. The van der Waals surface area contributed by atoms with E-state index in [0.717, 1.165) is 36.3 Å². The average Bonchev–Trinajstić information content (AvgIpc) is 3.60. The minimum atomic E-state index is -0.0561. The first-order valence-electron chi connectivity index (χ1n) is 10.2. The molecule has 4 rings (SSSR count). The van der Waals surface area contributed by atoms with Gasteiger partial charge in [-0.2, -0.15) is 0 Å². The lowest BCUT2D eigenvalue weighted by Crippen LogP contribution is -2.39. The Morgan fingerprint density at radius 2 is 1.76 bits per heavy atom. The highest BCUT2D eigenvalue weighted by Crippen LogP contribution is 2.34. The van der Waals surface area contributed by atoms with Gasteiger partial charge in [0.25, 0.3) is 5.91 Å². The van der Waals surface area contributed by atoms with Crippen LogP contribution in [-0.2, 0) is 11.2 Å². The molecule has 1 amide bonds. The maximum Gasteiger partial charge on any atom is 0.261 e. The van der Waals surface area contributed by atoms with E-state index in [0.29, 0.717) is 6.04 Å². The molecule has 1 aromatic heterocycles. The van der Waals surface area contributed by atoms with Gasteiger partial charge >= 0.3 is 0 Å². The molecule has 0 bridgehead atoms. The topological polar surface area (TPSA) is 42.4 Å². The number of nitrogens with zero attached hydrogens (tertiary/aromatic N) is 2. The standard InChI is InChI=1S/C25H26N2O2/c1-19(23-12-7-8-16-26-23)27(22-14-15-22)25(28)18-29-24-13-6-5-11-21(24)17-20-9-3-2-4-10-20/h2-13,16,19,22H,14-15,17-18H2,1H3. The van der Waals surface area contributed by atoms with Crippen LogP contribution in [0.15, 0.2) is 79.0 Å². The van der Waals surface area contributed by atoms with E-state index >= 15 is 0 Å². The maximum absolute atomic E-state index is 13.1. The number of pyridine rings is 1. The molecule has 0 aliphatic heterocycles. The zero-order valence-corrected chi connectivity index (χ0v) is 16.7. The molecule has 1 aliphatic carbocycles. The predicted octanol–water partition coefficient (Wildman–Crippen LogP) is 4.80. The van der Waals surface area contributed by atoms with Crippen LogP contribution in [0.4, 0.5) is 0 Å². The maximum atomic E-state index is 13.1. The fourth-order valence-corrected chi connectivity index (χ4v) is 3.67. The number of benzene rings is 2. The number of hydrogen-bond donors (Lipinski definition) is 0. The molecule has 3 aromatic rings. The molecule has 1 aliphatic rings. The van der Waals surface area contributed by atoms with Crippen molar-refractivity contribution in [3.63, 3.8) is 0 Å². The number of carbonyl (C=O) groups is 1. The van der Waals surface area contributed by atoms with Crippen molar-refractivity contribution in [2.75, 3.05) is 6.61 Å². The molecule has 0 saturated heterocycles. The number of carbonyl (C=O) groups excluding carboxylic acids is 1. The molecular weight excluding hydrogens is 360 g/mol. The molecular formula is C25H26N2O2. The summed E-state index contributed by atoms with van der Waals surface area (Å²) in [6, 6.07) is 24.3. The lowest BCUT2D eigenvalue weighted by atomic mass is 10.0. The number of ether oxygens (including phenoxy) is 1. The van der Waals surface area contributed by atoms with Crippen molar-refractivity contribution in [3.05, 3.63) is 95.8 Å². The van der Waals surface area contributed by atoms with E-state index in [1.165, 1.54) is 5.56 Å². The molecule has 0 N–H and O–H groups in total. The van der Waals surface area contributed by atoms with E-state index in [2.05, 4.69) is 23.2 Å². The Morgan fingerprint density at radius 3 is 2.48 bits per heavy atom. The molecule has 0 radical (unpaired) electrons. The van der Waals surface area contributed by atoms with Crippen LogP contribution >= 0.6 is 0 Å². The van der Waals surface area contributed by atoms with E-state index in [1.807, 2.05) is 66.4 Å². The molecule has 4 nitrogen and oxygen atoms in total. The van der Waals surface area contributed by atoms with Gasteiger partial charge in [-0.05, 0) is 49.1 Å². The number of rotatable bonds is 8. The Bertz CT molecular complexity index is 939. The predicted molar refractivity (Wildman–Crippen MR) is 114 cm³/mol. The van der Waals surface area contributed by atoms with Gasteiger partial charge in [0.15, 0.2) is 6.61 Å². The Labute approximate surface area is 172 Å². The van der Waals surface area contributed by atoms with Gasteiger partial charge in [-0.3, -0.25) is 9.78 Å². The van der Waals surface area contributed by atoms with Crippen LogP contribution in [0.5, 0.6) is 5.75 Å². The van der Waals surface area contributed by atoms with Gasteiger partial charge in [-0.15, -0.1) is 0 Å². The smallest absolute Gasteiger partial charge is 0.261 e. The SMILES string of the molecule is CC(c1ccccn1)N(C(=O)COc1ccccc1Cc1ccccc1)C1CC1. The molecule has 1 saturated carbocycles. The number of hydrogen-bond acceptors (Lipinski definition) is 3. The summed E-state index contributed by atoms with van der Waals surface area (Å²) in [5.74, 6) is 0.783. The van der Waals surface area contributed by atoms with Crippen molar-refractivity contribution >= 4 is 5.91 Å². The van der Waals surface area contributed by atoms with Gasteiger partial charge in [0, 0.05) is 18.7 Å². The second-order valence-corrected chi connectivity index (χ2v) is 7.52. The van der Waals surface area contributed by atoms with Crippen LogP contribution in [0, 0.1) is 0 Å². The summed E-state index contributed by atoms with van der Waals surface area (Å²) in [5.41, 5.74) is 3.22. The highest BCUT2D eigenvalue weighted by atomic mass is 16.5. The van der Waals surface area contributed by atoms with Gasteiger partial charge in [0.2, 0.25) is 0 Å². The van der Waals surface area contributed by atoms with Crippen LogP contribution in [-0.4, -0.2) is 28.4 Å². The first-order valence-corrected chi connectivity index (χ1v) is 10.2. The van der Waals surface area contributed by atoms with Gasteiger partial charge < -0.3 is 9.64 Å². The number of amides is 1. The molecule has 2 aromatic carbocycles. The molecule has 4 heteroatoms. The minimum absolute atomic E-state index is 0.0140. The zero-order chi connectivity index (χ0) is 20.1. The normalized spacial score (nSPS) is 14.2. The second kappa shape index (κ2) is 8.91. The number of para-hydroxylation sites is 1. The third kappa shape index (κ3) is 4.83. The Balaban J connectivity index is 1.45. The van der Waals surface area contributed by atoms with Crippen molar-refractivity contribution in [2.24, 2.45) is 0 Å². The van der Waals surface area contributed by atoms with Crippen molar-refractivity contribution in [2.45, 2.75) is 38.3 Å². The second-order valence-electron chi connectivity index (χ2n) is 7.52. The van der Waals surface area contributed by atoms with Crippen molar-refractivity contribution in [3.8, 4) is 5.75 Å². The van der Waals surface area contributed by atoms with Crippen LogP contribution < -0.4 is 4.74 Å². The van der Waals surface area contributed by atoms with Crippen LogP contribution in [0.2, 0.25) is 0 Å². The summed E-state index contributed by atoms with van der Waals surface area (Å²) in [6.07, 6.45) is 4.65. The fraction of sp³-hybridized carbons (Fsp3) is 0.280. The average molecular weight is 386 g/mol. The summed E-state index contributed by atoms with van der Waals surface area (Å²) >= 11 is 0. The van der Waals surface area contributed by atoms with Gasteiger partial charge in [0.05, 0.1) is 11.7 Å². The monoisotopic (exact) mass is 386 g/mol. The van der Waals surface area contributed by atoms with E-state index in [4.69, 9.17) is 4.74 Å². The Kier molecular flexibility index (Phi) is 5.89. The van der Waals surface area contributed by atoms with Crippen LogP contribution in [0.3, 0.4) is 0 Å². The Morgan fingerprint density at radius 1 is 1.03 bits per heavy atom. The highest BCUT2D eigenvalue weighted by Gasteiger charge is 2.36. The molecule has 1 fully saturated rings. The largest absolute Gasteiger partial charge is 0.483 e. The summed E-state index contributed by atoms with van der Waals surface area (Å²) < 4.78 is 6.00.